The molecule has 0 aliphatic heterocycles. The summed E-state index contributed by atoms with van der Waals surface area (Å²) in [6, 6.07) is 24.0. The van der Waals surface area contributed by atoms with Crippen molar-refractivity contribution in [3.05, 3.63) is 102 Å². The molecule has 0 aliphatic carbocycles. The van der Waals surface area contributed by atoms with Crippen LogP contribution in [0.25, 0.3) is 0 Å². The van der Waals surface area contributed by atoms with Gasteiger partial charge in [0.1, 0.15) is 0 Å². The molecule has 5 nitrogen and oxygen atoms in total. The molecule has 2 N–H and O–H groups in total. The average Bonchev–Trinajstić information content (AvgIpc) is 2.80. The molecule has 5 heteroatoms. The lowest BCUT2D eigenvalue weighted by atomic mass is 9.85. The Hall–Kier alpha value is -3.44. The van der Waals surface area contributed by atoms with E-state index in [1.165, 1.54) is 0 Å². The van der Waals surface area contributed by atoms with Crippen LogP contribution in [0.5, 0.6) is 0 Å². The van der Waals surface area contributed by atoms with Gasteiger partial charge in [-0.05, 0) is 35.7 Å². The second-order valence-electron chi connectivity index (χ2n) is 6.97. The van der Waals surface area contributed by atoms with Crippen molar-refractivity contribution in [2.45, 2.75) is 25.4 Å². The van der Waals surface area contributed by atoms with Crippen molar-refractivity contribution in [3.63, 3.8) is 0 Å². The van der Waals surface area contributed by atoms with Gasteiger partial charge in [0.25, 0.3) is 5.91 Å². The van der Waals surface area contributed by atoms with Crippen molar-refractivity contribution in [1.82, 2.24) is 0 Å². The Labute approximate surface area is 176 Å². The van der Waals surface area contributed by atoms with E-state index in [4.69, 9.17) is 4.74 Å². The van der Waals surface area contributed by atoms with Gasteiger partial charge in [-0.1, -0.05) is 80.1 Å². The first-order chi connectivity index (χ1) is 14.6. The predicted molar refractivity (Wildman–Crippen MR) is 116 cm³/mol. The maximum atomic E-state index is 13.3. The van der Waals surface area contributed by atoms with E-state index in [0.29, 0.717) is 29.0 Å². The van der Waals surface area contributed by atoms with Gasteiger partial charge in [0.15, 0.2) is 5.60 Å². The van der Waals surface area contributed by atoms with E-state index in [-0.39, 0.29) is 0 Å². The zero-order chi connectivity index (χ0) is 21.4. The molecule has 0 radical (unpaired) electrons. The third kappa shape index (κ3) is 4.75. The lowest BCUT2D eigenvalue weighted by Crippen LogP contribution is -2.41. The number of rotatable bonds is 8. The lowest BCUT2D eigenvalue weighted by molar-refractivity contribution is -0.131. The highest BCUT2D eigenvalue weighted by atomic mass is 16.5. The smallest absolute Gasteiger partial charge is 0.338 e. The van der Waals surface area contributed by atoms with E-state index in [2.05, 4.69) is 5.32 Å². The molecule has 0 bridgehead atoms. The largest absolute Gasteiger partial charge is 0.462 e. The lowest BCUT2D eigenvalue weighted by Gasteiger charge is -2.28. The fraction of sp³-hybridized carbons (Fsp3) is 0.200. The zero-order valence-corrected chi connectivity index (χ0v) is 16.9. The monoisotopic (exact) mass is 403 g/mol. The fourth-order valence-corrected chi connectivity index (χ4v) is 3.13. The Balaban J connectivity index is 1.87. The van der Waals surface area contributed by atoms with E-state index in [0.717, 1.165) is 12.8 Å². The van der Waals surface area contributed by atoms with Crippen LogP contribution in [0.2, 0.25) is 0 Å². The summed E-state index contributed by atoms with van der Waals surface area (Å²) < 4.78 is 5.23. The summed E-state index contributed by atoms with van der Waals surface area (Å²) in [4.78, 5) is 25.5. The Morgan fingerprint density at radius 3 is 2.07 bits per heavy atom. The van der Waals surface area contributed by atoms with Crippen LogP contribution in [0.4, 0.5) is 5.69 Å². The van der Waals surface area contributed by atoms with Gasteiger partial charge in [-0.3, -0.25) is 4.79 Å². The molecule has 0 saturated carbocycles. The number of hydrogen-bond donors (Lipinski definition) is 2. The molecule has 3 rings (SSSR count). The van der Waals surface area contributed by atoms with Crippen LogP contribution in [-0.4, -0.2) is 23.6 Å². The highest BCUT2D eigenvalue weighted by molar-refractivity contribution is 6.01. The van der Waals surface area contributed by atoms with Gasteiger partial charge in [0, 0.05) is 5.69 Å². The number of benzene rings is 3. The number of nitrogens with one attached hydrogen (secondary N) is 1. The predicted octanol–water partition coefficient (Wildman–Crippen LogP) is 4.52. The summed E-state index contributed by atoms with van der Waals surface area (Å²) in [6.45, 7) is 2.37. The minimum atomic E-state index is -1.89. The zero-order valence-electron chi connectivity index (χ0n) is 16.9. The van der Waals surface area contributed by atoms with Crippen LogP contribution < -0.4 is 5.32 Å². The Morgan fingerprint density at radius 1 is 0.900 bits per heavy atom. The normalized spacial score (nSPS) is 11.0. The van der Waals surface area contributed by atoms with Crippen LogP contribution in [0, 0.1) is 0 Å². The molecule has 0 spiro atoms. The number of ether oxygens (including phenoxy) is 1. The SMILES string of the molecule is CCCCOC(=O)c1cccc(NC(=O)C(O)(c2ccccc2)c2ccccc2)c1. The van der Waals surface area contributed by atoms with Gasteiger partial charge in [0.05, 0.1) is 12.2 Å². The number of aliphatic hydroxyl groups is 1. The van der Waals surface area contributed by atoms with Crippen LogP contribution in [0.15, 0.2) is 84.9 Å². The first-order valence-corrected chi connectivity index (χ1v) is 9.97. The van der Waals surface area contributed by atoms with Crippen LogP contribution in [-0.2, 0) is 15.1 Å². The fourth-order valence-electron chi connectivity index (χ4n) is 3.13. The highest BCUT2D eigenvalue weighted by Gasteiger charge is 2.39. The molecular weight excluding hydrogens is 378 g/mol. The summed E-state index contributed by atoms with van der Waals surface area (Å²) in [5, 5.41) is 14.2. The molecular formula is C25H25NO4. The molecule has 0 aromatic heterocycles. The van der Waals surface area contributed by atoms with E-state index < -0.39 is 17.5 Å². The van der Waals surface area contributed by atoms with Crippen LogP contribution in [0.1, 0.15) is 41.3 Å². The van der Waals surface area contributed by atoms with E-state index in [9.17, 15) is 14.7 Å². The number of amides is 1. The summed E-state index contributed by atoms with van der Waals surface area (Å²) >= 11 is 0. The summed E-state index contributed by atoms with van der Waals surface area (Å²) in [7, 11) is 0. The molecule has 3 aromatic rings. The van der Waals surface area contributed by atoms with Crippen LogP contribution in [0.3, 0.4) is 0 Å². The van der Waals surface area contributed by atoms with Crippen molar-refractivity contribution >= 4 is 17.6 Å². The number of carbonyl (C=O) groups is 2. The van der Waals surface area contributed by atoms with Gasteiger partial charge in [-0.25, -0.2) is 4.79 Å². The third-order valence-corrected chi connectivity index (χ3v) is 4.80. The van der Waals surface area contributed by atoms with Crippen molar-refractivity contribution in [3.8, 4) is 0 Å². The molecule has 30 heavy (non-hydrogen) atoms. The Morgan fingerprint density at radius 2 is 1.50 bits per heavy atom. The minimum absolute atomic E-state index is 0.340. The molecule has 0 saturated heterocycles. The maximum absolute atomic E-state index is 13.3. The highest BCUT2D eigenvalue weighted by Crippen LogP contribution is 2.31. The summed E-state index contributed by atoms with van der Waals surface area (Å²) in [5.74, 6) is -1.06. The van der Waals surface area contributed by atoms with Crippen LogP contribution >= 0.6 is 0 Å². The summed E-state index contributed by atoms with van der Waals surface area (Å²) in [6.07, 6.45) is 1.73. The molecule has 0 atom stereocenters. The second kappa shape index (κ2) is 9.85. The Bertz CT molecular complexity index is 947. The number of hydrogen-bond acceptors (Lipinski definition) is 4. The number of unbranched alkanes of at least 4 members (excludes halogenated alkanes) is 1. The van der Waals surface area contributed by atoms with Gasteiger partial charge < -0.3 is 15.2 Å². The Kier molecular flexibility index (Phi) is 6.99. The summed E-state index contributed by atoms with van der Waals surface area (Å²) in [5.41, 5.74) is -0.255. The molecule has 3 aromatic carbocycles. The van der Waals surface area contributed by atoms with Gasteiger partial charge in [-0.15, -0.1) is 0 Å². The van der Waals surface area contributed by atoms with E-state index in [1.807, 2.05) is 19.1 Å². The molecule has 0 unspecified atom stereocenters. The number of carbonyl (C=O) groups excluding carboxylic acids is 2. The number of esters is 1. The van der Waals surface area contributed by atoms with Gasteiger partial charge >= 0.3 is 5.97 Å². The van der Waals surface area contributed by atoms with E-state index >= 15 is 0 Å². The standard InChI is InChI=1S/C25H25NO4/c1-2-3-17-30-23(27)19-11-10-16-22(18-19)26-24(28)25(29,20-12-6-4-7-13-20)21-14-8-5-9-15-21/h4-16,18,29H,2-3,17H2,1H3,(H,26,28). The maximum Gasteiger partial charge on any atom is 0.338 e. The van der Waals surface area contributed by atoms with E-state index in [1.54, 1.807) is 72.8 Å². The van der Waals surface area contributed by atoms with Crippen molar-refractivity contribution < 1.29 is 19.4 Å². The molecule has 0 aliphatic rings. The average molecular weight is 403 g/mol. The van der Waals surface area contributed by atoms with Gasteiger partial charge in [0.2, 0.25) is 0 Å². The molecule has 154 valence electrons. The van der Waals surface area contributed by atoms with Crippen molar-refractivity contribution in [2.24, 2.45) is 0 Å². The quantitative estimate of drug-likeness (QED) is 0.428. The topological polar surface area (TPSA) is 75.6 Å². The molecule has 1 amide bonds. The van der Waals surface area contributed by atoms with Gasteiger partial charge in [-0.2, -0.15) is 0 Å². The number of anilines is 1. The van der Waals surface area contributed by atoms with Crippen molar-refractivity contribution in [2.75, 3.05) is 11.9 Å². The minimum Gasteiger partial charge on any atom is -0.462 e. The molecule has 0 fully saturated rings. The molecule has 0 heterocycles. The van der Waals surface area contributed by atoms with Crippen molar-refractivity contribution in [1.29, 1.82) is 0 Å². The first-order valence-electron chi connectivity index (χ1n) is 9.97. The first kappa shape index (κ1) is 21.3. The second-order valence-corrected chi connectivity index (χ2v) is 6.97. The third-order valence-electron chi connectivity index (χ3n) is 4.80.